The summed E-state index contributed by atoms with van der Waals surface area (Å²) in [5.41, 5.74) is 0. The smallest absolute Gasteiger partial charge is 0.306 e. The van der Waals surface area contributed by atoms with E-state index in [-0.39, 0.29) is 32.0 Å². The Labute approximate surface area is 532 Å². The third kappa shape index (κ3) is 70.0. The van der Waals surface area contributed by atoms with E-state index in [1.807, 2.05) is 21.1 Å². The summed E-state index contributed by atoms with van der Waals surface area (Å²) in [5, 5.41) is 0. The van der Waals surface area contributed by atoms with E-state index < -0.39 is 26.5 Å². The Morgan fingerprint density at radius 3 is 0.988 bits per heavy atom. The molecule has 498 valence electrons. The number of phosphoric acid groups is 1. The van der Waals surface area contributed by atoms with Crippen LogP contribution in [0.3, 0.4) is 0 Å². The molecular formula is C76H136NO8P. The Hall–Kier alpha value is -3.07. The van der Waals surface area contributed by atoms with Crippen molar-refractivity contribution in [2.75, 3.05) is 47.5 Å². The van der Waals surface area contributed by atoms with Gasteiger partial charge in [-0.05, 0) is 96.3 Å². The van der Waals surface area contributed by atoms with Gasteiger partial charge in [-0.2, -0.15) is 0 Å². The van der Waals surface area contributed by atoms with Crippen LogP contribution in [0.4, 0.5) is 0 Å². The van der Waals surface area contributed by atoms with Crippen LogP contribution in [0.2, 0.25) is 0 Å². The predicted octanol–water partition coefficient (Wildman–Crippen LogP) is 22.9. The summed E-state index contributed by atoms with van der Waals surface area (Å²) in [6.45, 7) is 4.14. The lowest BCUT2D eigenvalue weighted by molar-refractivity contribution is -0.870. The van der Waals surface area contributed by atoms with Crippen molar-refractivity contribution in [1.82, 2.24) is 0 Å². The standard InChI is InChI=1S/C76H136NO8P/c1-6-8-10-12-14-16-18-20-22-24-26-28-30-32-34-35-36-37-38-39-40-41-43-44-46-48-50-52-54-56-58-60-62-64-66-68-75(78)82-72-74(73-84-86(80,81)83-71-70-77(3,4)5)85-76(79)69-67-65-63-61-59-57-55-53-51-49-47-45-42-33-31-29-27-25-23-21-19-17-15-13-11-9-7-2/h9,11,15,17-18,20-21,23-24,26-27,29,33,42,47,49,74H,6-8,10,12-14,16,19,22,25,28,30-32,34-41,43-46,48,50-73H2,1-5H3/b11-9-,17-15-,20-18-,23-21-,26-24-,29-27-,42-33-,49-47-. The zero-order chi connectivity index (χ0) is 62.6. The lowest BCUT2D eigenvalue weighted by atomic mass is 10.0. The highest BCUT2D eigenvalue weighted by atomic mass is 31.2. The van der Waals surface area contributed by atoms with Crippen LogP contribution < -0.4 is 4.89 Å². The number of quaternary nitrogens is 1. The molecular weight excluding hydrogens is 1090 g/mol. The van der Waals surface area contributed by atoms with E-state index in [2.05, 4.69) is 111 Å². The molecule has 0 spiro atoms. The minimum atomic E-state index is -4.65. The molecule has 86 heavy (non-hydrogen) atoms. The van der Waals surface area contributed by atoms with Gasteiger partial charge in [-0.3, -0.25) is 14.2 Å². The van der Waals surface area contributed by atoms with Gasteiger partial charge in [0, 0.05) is 12.8 Å². The van der Waals surface area contributed by atoms with E-state index in [1.54, 1.807) is 0 Å². The lowest BCUT2D eigenvalue weighted by Gasteiger charge is -2.28. The van der Waals surface area contributed by atoms with E-state index in [0.29, 0.717) is 17.4 Å². The van der Waals surface area contributed by atoms with E-state index in [1.165, 1.54) is 199 Å². The highest BCUT2D eigenvalue weighted by Gasteiger charge is 2.22. The molecule has 0 aliphatic carbocycles. The number of carbonyl (C=O) groups excluding carboxylic acids is 2. The number of likely N-dealkylation sites (N-methyl/N-ethyl adjacent to an activating group) is 1. The molecule has 2 unspecified atom stereocenters. The predicted molar refractivity (Wildman–Crippen MR) is 369 cm³/mol. The number of nitrogens with zero attached hydrogens (tertiary/aromatic N) is 1. The molecule has 0 saturated carbocycles. The summed E-state index contributed by atoms with van der Waals surface area (Å²) < 4.78 is 34.3. The van der Waals surface area contributed by atoms with Crippen LogP contribution in [-0.4, -0.2) is 70.0 Å². The summed E-state index contributed by atoms with van der Waals surface area (Å²) in [6.07, 6.45) is 92.1. The second-order valence-electron chi connectivity index (χ2n) is 25.2. The van der Waals surface area contributed by atoms with Crippen LogP contribution in [0.5, 0.6) is 0 Å². The van der Waals surface area contributed by atoms with Gasteiger partial charge in [0.05, 0.1) is 27.7 Å². The average Bonchev–Trinajstić information content (AvgIpc) is 3.53. The van der Waals surface area contributed by atoms with Crippen molar-refractivity contribution in [3.05, 3.63) is 97.2 Å². The van der Waals surface area contributed by atoms with Crippen molar-refractivity contribution in [1.29, 1.82) is 0 Å². The first-order valence-electron chi connectivity index (χ1n) is 35.9. The second-order valence-corrected chi connectivity index (χ2v) is 26.6. The molecule has 0 amide bonds. The molecule has 0 bridgehead atoms. The molecule has 0 saturated heterocycles. The number of phosphoric ester groups is 1. The molecule has 0 aliphatic rings. The summed E-state index contributed by atoms with van der Waals surface area (Å²) in [7, 11) is 1.16. The third-order valence-corrected chi connectivity index (χ3v) is 16.6. The van der Waals surface area contributed by atoms with Crippen molar-refractivity contribution in [2.45, 2.75) is 328 Å². The molecule has 0 radical (unpaired) electrons. The van der Waals surface area contributed by atoms with Crippen LogP contribution in [0.1, 0.15) is 322 Å². The molecule has 0 aromatic heterocycles. The highest BCUT2D eigenvalue weighted by molar-refractivity contribution is 7.45. The number of ether oxygens (including phenoxy) is 2. The average molecular weight is 1220 g/mol. The van der Waals surface area contributed by atoms with Crippen molar-refractivity contribution >= 4 is 19.8 Å². The van der Waals surface area contributed by atoms with Gasteiger partial charge in [-0.1, -0.05) is 310 Å². The first-order chi connectivity index (χ1) is 42.0. The molecule has 2 atom stereocenters. The zero-order valence-electron chi connectivity index (χ0n) is 56.7. The quantitative estimate of drug-likeness (QED) is 0.0195. The minimum Gasteiger partial charge on any atom is -0.756 e. The van der Waals surface area contributed by atoms with Crippen LogP contribution >= 0.6 is 7.82 Å². The molecule has 0 N–H and O–H groups in total. The highest BCUT2D eigenvalue weighted by Crippen LogP contribution is 2.38. The van der Waals surface area contributed by atoms with Gasteiger partial charge in [0.15, 0.2) is 6.10 Å². The summed E-state index contributed by atoms with van der Waals surface area (Å²) in [5.74, 6) is -0.835. The van der Waals surface area contributed by atoms with Gasteiger partial charge < -0.3 is 27.9 Å². The van der Waals surface area contributed by atoms with E-state index in [9.17, 15) is 19.0 Å². The van der Waals surface area contributed by atoms with Crippen molar-refractivity contribution in [2.24, 2.45) is 0 Å². The van der Waals surface area contributed by atoms with Crippen LogP contribution in [-0.2, 0) is 32.7 Å². The third-order valence-electron chi connectivity index (χ3n) is 15.6. The minimum absolute atomic E-state index is 0.0354. The van der Waals surface area contributed by atoms with Crippen molar-refractivity contribution < 1.29 is 42.1 Å². The molecule has 9 nitrogen and oxygen atoms in total. The largest absolute Gasteiger partial charge is 0.756 e. The molecule has 0 aromatic carbocycles. The van der Waals surface area contributed by atoms with E-state index >= 15 is 0 Å². The van der Waals surface area contributed by atoms with Gasteiger partial charge in [0.25, 0.3) is 7.82 Å². The van der Waals surface area contributed by atoms with Crippen LogP contribution in [0.25, 0.3) is 0 Å². The maximum atomic E-state index is 12.9. The Morgan fingerprint density at radius 1 is 0.372 bits per heavy atom. The Bertz CT molecular complexity index is 1770. The fourth-order valence-electron chi connectivity index (χ4n) is 10.1. The topological polar surface area (TPSA) is 111 Å². The lowest BCUT2D eigenvalue weighted by Crippen LogP contribution is -2.37. The number of carbonyl (C=O) groups is 2. The Balaban J connectivity index is 4.02. The molecule has 10 heteroatoms. The maximum Gasteiger partial charge on any atom is 0.306 e. The van der Waals surface area contributed by atoms with Gasteiger partial charge in [0.2, 0.25) is 0 Å². The SMILES string of the molecule is CC/C=C\C/C=C\C/C=C\C/C=C\C/C=C\C/C=C\CCCCCCCCCCC(=O)OC(COC(=O)CCCCCCCCCCCCCCCCCCCCCCCCC/C=C\C/C=C\CCCCCCC)COP(=O)([O-])OCC[N+](C)(C)C. The first-order valence-corrected chi connectivity index (χ1v) is 37.4. The monoisotopic (exact) mass is 1220 g/mol. The fourth-order valence-corrected chi connectivity index (χ4v) is 10.8. The summed E-state index contributed by atoms with van der Waals surface area (Å²) in [4.78, 5) is 38.1. The number of unbranched alkanes of at least 4 members (excludes halogenated alkanes) is 36. The van der Waals surface area contributed by atoms with E-state index in [0.717, 1.165) is 89.9 Å². The molecule has 0 fully saturated rings. The fraction of sp³-hybridized carbons (Fsp3) is 0.763. The van der Waals surface area contributed by atoms with E-state index in [4.69, 9.17) is 18.5 Å². The zero-order valence-corrected chi connectivity index (χ0v) is 57.6. The number of rotatable bonds is 66. The Morgan fingerprint density at radius 2 is 0.663 bits per heavy atom. The normalized spacial score (nSPS) is 13.7. The summed E-state index contributed by atoms with van der Waals surface area (Å²) in [6, 6.07) is 0. The summed E-state index contributed by atoms with van der Waals surface area (Å²) >= 11 is 0. The van der Waals surface area contributed by atoms with Crippen molar-refractivity contribution in [3.63, 3.8) is 0 Å². The van der Waals surface area contributed by atoms with Gasteiger partial charge in [-0.25, -0.2) is 0 Å². The first kappa shape index (κ1) is 82.9. The number of esters is 2. The van der Waals surface area contributed by atoms with Crippen LogP contribution in [0.15, 0.2) is 97.2 Å². The molecule has 0 heterocycles. The van der Waals surface area contributed by atoms with Gasteiger partial charge >= 0.3 is 11.9 Å². The van der Waals surface area contributed by atoms with Gasteiger partial charge in [0.1, 0.15) is 19.8 Å². The van der Waals surface area contributed by atoms with Crippen LogP contribution in [0, 0.1) is 0 Å². The van der Waals surface area contributed by atoms with Gasteiger partial charge in [-0.15, -0.1) is 0 Å². The number of allylic oxidation sites excluding steroid dienone is 16. The molecule has 0 rings (SSSR count). The van der Waals surface area contributed by atoms with Crippen molar-refractivity contribution in [3.8, 4) is 0 Å². The Kier molecular flexibility index (Phi) is 64.0. The number of hydrogen-bond donors (Lipinski definition) is 0. The maximum absolute atomic E-state index is 12.9. The molecule has 0 aromatic rings. The molecule has 0 aliphatic heterocycles. The number of hydrogen-bond acceptors (Lipinski definition) is 8. The second kappa shape index (κ2) is 66.4.